The molecule has 1 aliphatic rings. The fourth-order valence-electron chi connectivity index (χ4n) is 3.56. The molecule has 2 N–H and O–H groups in total. The standard InChI is InChI=1S/C21H19ClF3N5O/c22-17-5-4-14(8-16(17)21(23,24)25)30-12-13(10-28-30)20(31)15-9-19(27-11-18(15)26)29-6-2-1-3-7-29/h4-5,8-12H,1-3,6-7,26H2. The van der Waals surface area contributed by atoms with Gasteiger partial charge in [-0.3, -0.25) is 4.79 Å². The van der Waals surface area contributed by atoms with Crippen molar-refractivity contribution in [1.82, 2.24) is 14.8 Å². The van der Waals surface area contributed by atoms with E-state index in [4.69, 9.17) is 17.3 Å². The number of carbonyl (C=O) groups excluding carboxylic acids is 1. The lowest BCUT2D eigenvalue weighted by Crippen LogP contribution is -2.30. The summed E-state index contributed by atoms with van der Waals surface area (Å²) in [5.74, 6) is 0.298. The van der Waals surface area contributed by atoms with Crippen LogP contribution in [-0.4, -0.2) is 33.6 Å². The fourth-order valence-corrected chi connectivity index (χ4v) is 3.78. The molecular formula is C21H19ClF3N5O. The van der Waals surface area contributed by atoms with E-state index in [0.29, 0.717) is 5.82 Å². The molecule has 31 heavy (non-hydrogen) atoms. The molecule has 0 saturated carbocycles. The van der Waals surface area contributed by atoms with E-state index in [-0.39, 0.29) is 28.3 Å². The average molecular weight is 450 g/mol. The van der Waals surface area contributed by atoms with E-state index in [1.807, 2.05) is 0 Å². The molecule has 0 aliphatic carbocycles. The summed E-state index contributed by atoms with van der Waals surface area (Å²) in [6.45, 7) is 1.72. The van der Waals surface area contributed by atoms with Gasteiger partial charge in [-0.15, -0.1) is 0 Å². The Labute approximate surface area is 181 Å². The third kappa shape index (κ3) is 4.36. The van der Waals surface area contributed by atoms with Crippen molar-refractivity contribution in [3.05, 3.63) is 64.6 Å². The quantitative estimate of drug-likeness (QED) is 0.582. The molecular weight excluding hydrogens is 431 g/mol. The molecule has 0 radical (unpaired) electrons. The van der Waals surface area contributed by atoms with Crippen molar-refractivity contribution in [3.8, 4) is 5.69 Å². The number of aromatic nitrogens is 3. The molecule has 0 unspecified atom stereocenters. The Morgan fingerprint density at radius 1 is 1.10 bits per heavy atom. The monoisotopic (exact) mass is 449 g/mol. The molecule has 0 spiro atoms. The van der Waals surface area contributed by atoms with Crippen LogP contribution >= 0.6 is 11.6 Å². The fraction of sp³-hybridized carbons (Fsp3) is 0.286. The van der Waals surface area contributed by atoms with Crippen LogP contribution in [0.5, 0.6) is 0 Å². The first-order valence-electron chi connectivity index (χ1n) is 9.71. The van der Waals surface area contributed by atoms with Gasteiger partial charge in [-0.1, -0.05) is 11.6 Å². The van der Waals surface area contributed by atoms with Crippen molar-refractivity contribution < 1.29 is 18.0 Å². The molecule has 0 amide bonds. The van der Waals surface area contributed by atoms with Gasteiger partial charge in [-0.05, 0) is 43.5 Å². The van der Waals surface area contributed by atoms with Crippen molar-refractivity contribution in [2.75, 3.05) is 23.7 Å². The number of alkyl halides is 3. The van der Waals surface area contributed by atoms with Gasteiger partial charge in [0, 0.05) is 19.3 Å². The van der Waals surface area contributed by atoms with E-state index in [1.54, 1.807) is 6.07 Å². The maximum atomic E-state index is 13.1. The van der Waals surface area contributed by atoms with E-state index in [0.717, 1.165) is 44.5 Å². The number of rotatable bonds is 4. The van der Waals surface area contributed by atoms with Crippen molar-refractivity contribution in [2.45, 2.75) is 25.4 Å². The van der Waals surface area contributed by atoms with E-state index in [9.17, 15) is 18.0 Å². The summed E-state index contributed by atoms with van der Waals surface area (Å²) < 4.78 is 40.6. The van der Waals surface area contributed by atoms with Gasteiger partial charge in [0.05, 0.1) is 45.5 Å². The van der Waals surface area contributed by atoms with Crippen LogP contribution in [0.3, 0.4) is 0 Å². The Bertz CT molecular complexity index is 1120. The van der Waals surface area contributed by atoms with Gasteiger partial charge in [0.25, 0.3) is 0 Å². The highest BCUT2D eigenvalue weighted by Gasteiger charge is 2.33. The predicted molar refractivity (Wildman–Crippen MR) is 112 cm³/mol. The van der Waals surface area contributed by atoms with Crippen LogP contribution in [0.1, 0.15) is 40.7 Å². The third-order valence-electron chi connectivity index (χ3n) is 5.21. The van der Waals surface area contributed by atoms with Crippen LogP contribution in [0.15, 0.2) is 42.9 Å². The van der Waals surface area contributed by atoms with Crippen molar-refractivity contribution in [2.24, 2.45) is 0 Å². The molecule has 0 atom stereocenters. The first-order valence-corrected chi connectivity index (χ1v) is 10.1. The Morgan fingerprint density at radius 3 is 2.55 bits per heavy atom. The normalized spacial score (nSPS) is 14.6. The molecule has 1 aromatic carbocycles. The molecule has 0 bridgehead atoms. The first-order chi connectivity index (χ1) is 14.7. The summed E-state index contributed by atoms with van der Waals surface area (Å²) in [4.78, 5) is 19.5. The average Bonchev–Trinajstić information content (AvgIpc) is 3.24. The lowest BCUT2D eigenvalue weighted by atomic mass is 10.1. The highest BCUT2D eigenvalue weighted by atomic mass is 35.5. The lowest BCUT2D eigenvalue weighted by molar-refractivity contribution is -0.137. The lowest BCUT2D eigenvalue weighted by Gasteiger charge is -2.28. The maximum Gasteiger partial charge on any atom is 0.417 e. The van der Waals surface area contributed by atoms with Crippen molar-refractivity contribution in [3.63, 3.8) is 0 Å². The number of hydrogen-bond donors (Lipinski definition) is 1. The molecule has 4 rings (SSSR count). The number of piperidine rings is 1. The summed E-state index contributed by atoms with van der Waals surface area (Å²) in [6, 6.07) is 5.09. The van der Waals surface area contributed by atoms with Crippen LogP contribution in [0.2, 0.25) is 5.02 Å². The molecule has 1 saturated heterocycles. The Hall–Kier alpha value is -3.07. The molecule has 2 aromatic heterocycles. The number of halogens is 4. The van der Waals surface area contributed by atoms with Crippen LogP contribution in [0.4, 0.5) is 24.7 Å². The minimum Gasteiger partial charge on any atom is -0.397 e. The molecule has 3 aromatic rings. The van der Waals surface area contributed by atoms with E-state index < -0.39 is 16.8 Å². The van der Waals surface area contributed by atoms with E-state index >= 15 is 0 Å². The number of benzene rings is 1. The van der Waals surface area contributed by atoms with Gasteiger partial charge in [-0.25, -0.2) is 9.67 Å². The molecule has 162 valence electrons. The summed E-state index contributed by atoms with van der Waals surface area (Å²) in [7, 11) is 0. The highest BCUT2D eigenvalue weighted by Crippen LogP contribution is 2.35. The maximum absolute atomic E-state index is 13.1. The number of ketones is 1. The van der Waals surface area contributed by atoms with Gasteiger partial charge in [0.2, 0.25) is 0 Å². The molecule has 10 heteroatoms. The second-order valence-corrected chi connectivity index (χ2v) is 7.75. The number of nitrogen functional groups attached to an aromatic ring is 1. The number of nitrogens with zero attached hydrogens (tertiary/aromatic N) is 4. The summed E-state index contributed by atoms with van der Waals surface area (Å²) >= 11 is 5.67. The van der Waals surface area contributed by atoms with Crippen LogP contribution in [-0.2, 0) is 6.18 Å². The van der Waals surface area contributed by atoms with Crippen molar-refractivity contribution >= 4 is 28.9 Å². The number of anilines is 2. The molecule has 6 nitrogen and oxygen atoms in total. The van der Waals surface area contributed by atoms with Crippen LogP contribution < -0.4 is 10.6 Å². The summed E-state index contributed by atoms with van der Waals surface area (Å²) in [6.07, 6.45) is 2.80. The van der Waals surface area contributed by atoms with Gasteiger partial charge < -0.3 is 10.6 Å². The largest absolute Gasteiger partial charge is 0.417 e. The van der Waals surface area contributed by atoms with Gasteiger partial charge in [0.15, 0.2) is 5.78 Å². The number of pyridine rings is 1. The summed E-state index contributed by atoms with van der Waals surface area (Å²) in [5.41, 5.74) is 5.86. The minimum absolute atomic E-state index is 0.132. The van der Waals surface area contributed by atoms with Gasteiger partial charge >= 0.3 is 6.18 Å². The van der Waals surface area contributed by atoms with E-state index in [1.165, 1.54) is 29.3 Å². The zero-order valence-corrected chi connectivity index (χ0v) is 17.1. The smallest absolute Gasteiger partial charge is 0.397 e. The highest BCUT2D eigenvalue weighted by molar-refractivity contribution is 6.31. The SMILES string of the molecule is Nc1cnc(N2CCCCC2)cc1C(=O)c1cnn(-c2ccc(Cl)c(C(F)(F)F)c2)c1. The van der Waals surface area contributed by atoms with Crippen molar-refractivity contribution in [1.29, 1.82) is 0 Å². The molecule has 3 heterocycles. The Balaban J connectivity index is 1.63. The number of carbonyl (C=O) groups is 1. The Morgan fingerprint density at radius 2 is 1.84 bits per heavy atom. The molecule has 1 aliphatic heterocycles. The van der Waals surface area contributed by atoms with Gasteiger partial charge in [-0.2, -0.15) is 18.3 Å². The molecule has 1 fully saturated rings. The van der Waals surface area contributed by atoms with Crippen LogP contribution in [0, 0.1) is 0 Å². The van der Waals surface area contributed by atoms with Gasteiger partial charge in [0.1, 0.15) is 5.82 Å². The summed E-state index contributed by atoms with van der Waals surface area (Å²) in [5, 5.41) is 3.64. The zero-order chi connectivity index (χ0) is 22.2. The predicted octanol–water partition coefficient (Wildman–Crippen LogP) is 4.74. The topological polar surface area (TPSA) is 77.0 Å². The zero-order valence-electron chi connectivity index (χ0n) is 16.4. The van der Waals surface area contributed by atoms with E-state index in [2.05, 4.69) is 15.0 Å². The second-order valence-electron chi connectivity index (χ2n) is 7.34. The third-order valence-corrected chi connectivity index (χ3v) is 5.54. The van der Waals surface area contributed by atoms with Crippen LogP contribution in [0.25, 0.3) is 5.69 Å². The Kier molecular flexibility index (Phi) is 5.62. The number of hydrogen-bond acceptors (Lipinski definition) is 5. The first kappa shape index (κ1) is 21.2. The minimum atomic E-state index is -4.60. The number of nitrogens with two attached hydrogens (primary N) is 1. The second kappa shape index (κ2) is 8.22.